The van der Waals surface area contributed by atoms with Gasteiger partial charge in [-0.05, 0) is 121 Å². The highest BCUT2D eigenvalue weighted by Crippen LogP contribution is 2.20. The van der Waals surface area contributed by atoms with Crippen LogP contribution in [0.4, 0.5) is 0 Å². The first-order valence-electron chi connectivity index (χ1n) is 30.2. The van der Waals surface area contributed by atoms with Gasteiger partial charge in [-0.1, -0.05) is 98.2 Å². The molecule has 90 heavy (non-hydrogen) atoms. The van der Waals surface area contributed by atoms with Crippen LogP contribution in [0.5, 0.6) is 5.75 Å². The molecule has 9 amide bonds. The summed E-state index contributed by atoms with van der Waals surface area (Å²) in [6, 6.07) is 22.9. The molecule has 6 rings (SSSR count). The summed E-state index contributed by atoms with van der Waals surface area (Å²) < 4.78 is 0. The predicted octanol–water partition coefficient (Wildman–Crippen LogP) is 4.52. The summed E-state index contributed by atoms with van der Waals surface area (Å²) in [4.78, 5) is 138. The van der Waals surface area contributed by atoms with E-state index in [1.54, 1.807) is 59.6 Å². The van der Waals surface area contributed by atoms with Gasteiger partial charge in [0.05, 0.1) is 12.2 Å². The molecular formula is C67H82ClN11O11. The molecule has 0 saturated carbocycles. The lowest BCUT2D eigenvalue weighted by atomic mass is 9.99. The number of nitrogens with one attached hydrogen (secondary N) is 7. The smallest absolute Gasteiger partial charge is 0.252 e. The maximum Gasteiger partial charge on any atom is 0.252 e. The van der Waals surface area contributed by atoms with Gasteiger partial charge in [0.25, 0.3) is 5.91 Å². The number of nitrogens with zero attached hydrogens (tertiary/aromatic N) is 4. The molecule has 0 spiro atoms. The van der Waals surface area contributed by atoms with Gasteiger partial charge in [-0.2, -0.15) is 0 Å². The van der Waals surface area contributed by atoms with Gasteiger partial charge in [-0.25, -0.2) is 0 Å². The minimum absolute atomic E-state index is 0.0186. The van der Waals surface area contributed by atoms with Crippen molar-refractivity contribution in [3.63, 3.8) is 0 Å². The summed E-state index contributed by atoms with van der Waals surface area (Å²) in [6.07, 6.45) is 6.52. The maximum atomic E-state index is 15.0. The molecule has 0 saturated heterocycles. The van der Waals surface area contributed by atoms with Crippen LogP contribution in [0.1, 0.15) is 92.9 Å². The van der Waals surface area contributed by atoms with Crippen LogP contribution in [0.25, 0.3) is 10.8 Å². The third-order valence-corrected chi connectivity index (χ3v) is 15.4. The van der Waals surface area contributed by atoms with Gasteiger partial charge in [0.2, 0.25) is 47.3 Å². The highest BCUT2D eigenvalue weighted by Gasteiger charge is 2.37. The highest BCUT2D eigenvalue weighted by molar-refractivity contribution is 6.30. The number of amides is 9. The number of unbranched alkanes of at least 4 members (excludes halogenated alkanes) is 1. The second kappa shape index (κ2) is 35.1. The molecular weight excluding hydrogens is 1170 g/mol. The lowest BCUT2D eigenvalue weighted by Gasteiger charge is -2.33. The standard InChI is InChI=1S/C67H82ClN11O11/c1-7-79(8-2)67(90)57(33-42(3)4)76-61(84)53(19-11-12-32-71-60(83)50-18-14-31-70-40-50)73-65(88)59(38-45-23-28-52(82)29-24-45)78(6)66(89)58(41-80)77-64(87)56(37-47-15-13-30-69-39-47)75-63(86)55(35-44-21-26-51(68)27-22-44)74-62(85)54(72-43(5)81)36-46-20-25-48-16-9-10-17-49(48)34-46/h9-10,13-18,20-31,34,39-40,42,53-59,80,82H,7-8,11-12,19,32-33,35-38,41H2,1-6H3,(H,71,83)(H,72,81)(H,73,88)(H,74,85)(H,75,86)(H,76,84)(H,77,87)/t53-,54-,55-,56-,57+,58+,59+/m1/s1. The fraction of sp³-hybridized carbons (Fsp3) is 0.388. The number of rotatable bonds is 33. The summed E-state index contributed by atoms with van der Waals surface area (Å²) >= 11 is 6.23. The molecule has 0 aliphatic carbocycles. The number of likely N-dealkylation sites (N-methyl/N-ethyl adjacent to an activating group) is 2. The van der Waals surface area contributed by atoms with Crippen LogP contribution >= 0.6 is 11.6 Å². The van der Waals surface area contributed by atoms with Crippen LogP contribution < -0.4 is 37.2 Å². The summed E-state index contributed by atoms with van der Waals surface area (Å²) in [5.41, 5.74) is 2.62. The summed E-state index contributed by atoms with van der Waals surface area (Å²) in [5, 5.41) is 42.9. The number of carbonyl (C=O) groups excluding carboxylic acids is 9. The lowest BCUT2D eigenvalue weighted by Crippen LogP contribution is -2.61. The van der Waals surface area contributed by atoms with Crippen molar-refractivity contribution in [1.29, 1.82) is 0 Å². The van der Waals surface area contributed by atoms with Crippen molar-refractivity contribution >= 4 is 75.5 Å². The van der Waals surface area contributed by atoms with Gasteiger partial charge in [0.1, 0.15) is 48.0 Å². The first-order valence-corrected chi connectivity index (χ1v) is 30.6. The topological polar surface area (TPSA) is 311 Å². The van der Waals surface area contributed by atoms with Crippen molar-refractivity contribution in [2.45, 2.75) is 128 Å². The van der Waals surface area contributed by atoms with E-state index in [1.165, 1.54) is 56.8 Å². The molecule has 0 unspecified atom stereocenters. The van der Waals surface area contributed by atoms with Crippen LogP contribution in [0.3, 0.4) is 0 Å². The molecule has 0 aliphatic heterocycles. The van der Waals surface area contributed by atoms with E-state index >= 15 is 0 Å². The number of carbonyl (C=O) groups is 9. The van der Waals surface area contributed by atoms with Crippen molar-refractivity contribution < 1.29 is 53.4 Å². The molecule has 9 N–H and O–H groups in total. The Labute approximate surface area is 529 Å². The number of aromatic nitrogens is 2. The second-order valence-electron chi connectivity index (χ2n) is 22.5. The van der Waals surface area contributed by atoms with E-state index in [2.05, 4.69) is 47.2 Å². The number of halogens is 1. The molecule has 4 aromatic carbocycles. The quantitative estimate of drug-likeness (QED) is 0.0256. The average Bonchev–Trinajstić information content (AvgIpc) is 1.28. The number of fused-ring (bicyclic) bond motifs is 1. The van der Waals surface area contributed by atoms with Crippen LogP contribution in [-0.2, 0) is 64.0 Å². The number of benzene rings is 4. The maximum absolute atomic E-state index is 15.0. The third kappa shape index (κ3) is 21.5. The van der Waals surface area contributed by atoms with Crippen molar-refractivity contribution in [1.82, 2.24) is 57.0 Å². The zero-order valence-electron chi connectivity index (χ0n) is 51.6. The molecule has 0 fully saturated rings. The monoisotopic (exact) mass is 1250 g/mol. The number of aromatic hydroxyl groups is 1. The van der Waals surface area contributed by atoms with Crippen molar-refractivity contribution in [3.05, 3.63) is 173 Å². The van der Waals surface area contributed by atoms with E-state index < -0.39 is 90.3 Å². The average molecular weight is 1250 g/mol. The first-order chi connectivity index (χ1) is 43.2. The van der Waals surface area contributed by atoms with Gasteiger partial charge in [0.15, 0.2) is 0 Å². The molecule has 7 atom stereocenters. The van der Waals surface area contributed by atoms with E-state index in [1.807, 2.05) is 70.2 Å². The van der Waals surface area contributed by atoms with Crippen LogP contribution in [0.2, 0.25) is 5.02 Å². The van der Waals surface area contributed by atoms with E-state index in [9.17, 15) is 53.4 Å². The van der Waals surface area contributed by atoms with E-state index in [4.69, 9.17) is 11.6 Å². The predicted molar refractivity (Wildman–Crippen MR) is 341 cm³/mol. The number of phenolic OH excluding ortho intramolecular Hbond substituents is 1. The Morgan fingerprint density at radius 2 is 1.08 bits per heavy atom. The summed E-state index contributed by atoms with van der Waals surface area (Å²) in [6.45, 7) is 8.75. The number of pyridine rings is 2. The van der Waals surface area contributed by atoms with E-state index in [0.29, 0.717) is 53.2 Å². The normalized spacial score (nSPS) is 13.4. The molecule has 478 valence electrons. The summed E-state index contributed by atoms with van der Waals surface area (Å²) in [5.74, 6) is -6.16. The van der Waals surface area contributed by atoms with Gasteiger partial charge >= 0.3 is 0 Å². The Kier molecular flexibility index (Phi) is 27.2. The highest BCUT2D eigenvalue weighted by atomic mass is 35.5. The molecule has 0 aliphatic rings. The SMILES string of the molecule is CCN(CC)C(=O)[C@H](CC(C)C)NC(=O)[C@@H](CCCCNC(=O)c1cccnc1)NC(=O)[C@H](Cc1ccc(O)cc1)N(C)C(=O)[C@H](CO)NC(=O)[C@@H](Cc1cccnc1)NC(=O)[C@@H](Cc1ccc(Cl)cc1)NC(=O)[C@@H](Cc1ccc2ccccc2c1)NC(C)=O. The molecule has 6 aromatic rings. The second-order valence-corrected chi connectivity index (χ2v) is 22.9. The molecule has 0 radical (unpaired) electrons. The van der Waals surface area contributed by atoms with Gasteiger partial charge < -0.3 is 57.2 Å². The Balaban J connectivity index is 1.26. The molecule has 2 heterocycles. The Morgan fingerprint density at radius 3 is 1.67 bits per heavy atom. The van der Waals surface area contributed by atoms with Gasteiger partial charge in [0, 0.05) is 89.1 Å². The minimum Gasteiger partial charge on any atom is -0.508 e. The Morgan fingerprint density at radius 1 is 0.544 bits per heavy atom. The molecule has 23 heteroatoms. The fourth-order valence-corrected chi connectivity index (χ4v) is 10.4. The molecule has 2 aromatic heterocycles. The van der Waals surface area contributed by atoms with Gasteiger partial charge in [-0.3, -0.25) is 53.1 Å². The zero-order valence-corrected chi connectivity index (χ0v) is 52.4. The number of aliphatic hydroxyl groups is 1. The van der Waals surface area contributed by atoms with Crippen molar-refractivity contribution in [2.24, 2.45) is 5.92 Å². The van der Waals surface area contributed by atoms with Crippen LogP contribution in [0.15, 0.2) is 140 Å². The van der Waals surface area contributed by atoms with Gasteiger partial charge in [-0.15, -0.1) is 0 Å². The summed E-state index contributed by atoms with van der Waals surface area (Å²) in [7, 11) is 1.29. The lowest BCUT2D eigenvalue weighted by molar-refractivity contribution is -0.144. The number of phenols is 1. The third-order valence-electron chi connectivity index (χ3n) is 15.2. The minimum atomic E-state index is -1.74. The number of aliphatic hydroxyl groups excluding tert-OH is 1. The van der Waals surface area contributed by atoms with Crippen molar-refractivity contribution in [2.75, 3.05) is 33.3 Å². The number of hydrogen-bond donors (Lipinski definition) is 9. The fourth-order valence-electron chi connectivity index (χ4n) is 10.3. The largest absolute Gasteiger partial charge is 0.508 e. The van der Waals surface area contributed by atoms with Crippen LogP contribution in [0, 0.1) is 5.92 Å². The Bertz CT molecular complexity index is 3380. The molecule has 22 nitrogen and oxygen atoms in total. The Hall–Kier alpha value is -9.28. The zero-order chi connectivity index (χ0) is 65.3. The van der Waals surface area contributed by atoms with Crippen molar-refractivity contribution in [3.8, 4) is 5.75 Å². The molecule has 0 bridgehead atoms. The van der Waals surface area contributed by atoms with E-state index in [0.717, 1.165) is 21.2 Å². The number of hydrogen-bond acceptors (Lipinski definition) is 13. The van der Waals surface area contributed by atoms with E-state index in [-0.39, 0.29) is 68.6 Å². The van der Waals surface area contributed by atoms with Crippen LogP contribution in [-0.4, -0.2) is 159 Å². The first kappa shape index (κ1) is 69.8.